The zero-order valence-corrected chi connectivity index (χ0v) is 16.1. The third-order valence-electron chi connectivity index (χ3n) is 5.29. The van der Waals surface area contributed by atoms with E-state index in [2.05, 4.69) is 9.97 Å². The average molecular weight is 411 g/mol. The van der Waals surface area contributed by atoms with Gasteiger partial charge in [-0.25, -0.2) is 0 Å². The molecule has 3 aromatic rings. The van der Waals surface area contributed by atoms with E-state index in [1.807, 2.05) is 6.07 Å². The van der Waals surface area contributed by atoms with Crippen molar-refractivity contribution < 1.29 is 18.0 Å². The number of benzene rings is 1. The van der Waals surface area contributed by atoms with Gasteiger partial charge < -0.3 is 4.90 Å². The van der Waals surface area contributed by atoms with E-state index in [9.17, 15) is 18.0 Å². The summed E-state index contributed by atoms with van der Waals surface area (Å²) in [6.45, 7) is 1.18. The molecule has 0 bridgehead atoms. The van der Waals surface area contributed by atoms with Crippen molar-refractivity contribution in [3.8, 4) is 11.3 Å². The highest BCUT2D eigenvalue weighted by atomic mass is 19.4. The van der Waals surface area contributed by atoms with E-state index in [0.29, 0.717) is 29.9 Å². The molecule has 1 saturated heterocycles. The van der Waals surface area contributed by atoms with Crippen LogP contribution in [0.4, 0.5) is 13.2 Å². The SMILES string of the molecule is O=C(c1cccnc1)N1CCC[C@H](c2cccc(-c3cccc(C(F)(F)F)c3)n2)C1. The number of alkyl halides is 3. The number of rotatable bonds is 3. The molecule has 1 aromatic carbocycles. The molecule has 1 fully saturated rings. The first-order valence-corrected chi connectivity index (χ1v) is 9.76. The predicted octanol–water partition coefficient (Wildman–Crippen LogP) is 5.18. The predicted molar refractivity (Wildman–Crippen MR) is 107 cm³/mol. The summed E-state index contributed by atoms with van der Waals surface area (Å²) in [7, 11) is 0. The van der Waals surface area contributed by atoms with Crippen LogP contribution in [0.5, 0.6) is 0 Å². The molecule has 4 nitrogen and oxygen atoms in total. The third-order valence-corrected chi connectivity index (χ3v) is 5.29. The molecule has 2 aromatic heterocycles. The van der Waals surface area contributed by atoms with Gasteiger partial charge in [-0.2, -0.15) is 13.2 Å². The molecule has 0 radical (unpaired) electrons. The standard InChI is InChI=1S/C23H20F3N3O/c24-23(25,26)19-8-1-5-16(13-19)20-9-2-10-21(28-20)18-7-4-12-29(15-18)22(30)17-6-3-11-27-14-17/h1-3,5-6,8-11,13-14,18H,4,7,12,15H2/t18-/m0/s1. The summed E-state index contributed by atoms with van der Waals surface area (Å²) in [5, 5.41) is 0. The fraction of sp³-hybridized carbons (Fsp3) is 0.261. The summed E-state index contributed by atoms with van der Waals surface area (Å²) >= 11 is 0. The molecule has 0 aliphatic carbocycles. The Morgan fingerprint density at radius 2 is 1.90 bits per heavy atom. The largest absolute Gasteiger partial charge is 0.416 e. The fourth-order valence-corrected chi connectivity index (χ4v) is 3.77. The summed E-state index contributed by atoms with van der Waals surface area (Å²) in [5.41, 5.74) is 1.55. The van der Waals surface area contributed by atoms with Gasteiger partial charge in [0, 0.05) is 42.7 Å². The monoisotopic (exact) mass is 411 g/mol. The van der Waals surface area contributed by atoms with E-state index in [1.165, 1.54) is 6.07 Å². The van der Waals surface area contributed by atoms with Crippen molar-refractivity contribution in [2.75, 3.05) is 13.1 Å². The van der Waals surface area contributed by atoms with E-state index in [1.54, 1.807) is 47.6 Å². The van der Waals surface area contributed by atoms with E-state index in [-0.39, 0.29) is 11.8 Å². The lowest BCUT2D eigenvalue weighted by atomic mass is 9.93. The minimum atomic E-state index is -4.40. The summed E-state index contributed by atoms with van der Waals surface area (Å²) in [6, 6.07) is 14.0. The number of aromatic nitrogens is 2. The Balaban J connectivity index is 1.56. The average Bonchev–Trinajstić information content (AvgIpc) is 2.79. The molecule has 0 spiro atoms. The Bertz CT molecular complexity index is 1040. The normalized spacial score (nSPS) is 17.0. The number of carbonyl (C=O) groups excluding carboxylic acids is 1. The van der Waals surface area contributed by atoms with Gasteiger partial charge in [0.25, 0.3) is 5.91 Å². The molecule has 154 valence electrons. The molecule has 1 aliphatic rings. The maximum atomic E-state index is 13.1. The van der Waals surface area contributed by atoms with Crippen LogP contribution >= 0.6 is 0 Å². The maximum absolute atomic E-state index is 13.1. The molecular weight excluding hydrogens is 391 g/mol. The first kappa shape index (κ1) is 20.1. The van der Waals surface area contributed by atoms with Crippen LogP contribution in [0, 0.1) is 0 Å². The molecule has 1 amide bonds. The molecule has 0 unspecified atom stereocenters. The van der Waals surface area contributed by atoms with E-state index >= 15 is 0 Å². The first-order chi connectivity index (χ1) is 14.4. The molecule has 0 N–H and O–H groups in total. The lowest BCUT2D eigenvalue weighted by Crippen LogP contribution is -2.39. The number of carbonyl (C=O) groups is 1. The van der Waals surface area contributed by atoms with Crippen molar-refractivity contribution >= 4 is 5.91 Å². The highest BCUT2D eigenvalue weighted by Crippen LogP contribution is 2.33. The minimum Gasteiger partial charge on any atom is -0.338 e. The van der Waals surface area contributed by atoms with Crippen LogP contribution in [0.1, 0.15) is 40.4 Å². The molecule has 30 heavy (non-hydrogen) atoms. The van der Waals surface area contributed by atoms with Gasteiger partial charge in [-0.15, -0.1) is 0 Å². The fourth-order valence-electron chi connectivity index (χ4n) is 3.77. The van der Waals surface area contributed by atoms with Crippen molar-refractivity contribution in [1.29, 1.82) is 0 Å². The van der Waals surface area contributed by atoms with Gasteiger partial charge in [0.1, 0.15) is 0 Å². The van der Waals surface area contributed by atoms with Crippen molar-refractivity contribution in [1.82, 2.24) is 14.9 Å². The van der Waals surface area contributed by atoms with Gasteiger partial charge in [0.2, 0.25) is 0 Å². The second kappa shape index (κ2) is 8.26. The van der Waals surface area contributed by atoms with Crippen molar-refractivity contribution in [2.45, 2.75) is 24.9 Å². The van der Waals surface area contributed by atoms with Crippen LogP contribution in [0.25, 0.3) is 11.3 Å². The van der Waals surface area contributed by atoms with E-state index in [4.69, 9.17) is 0 Å². The molecular formula is C23H20F3N3O. The third kappa shape index (κ3) is 4.35. The number of halogens is 3. The van der Waals surface area contributed by atoms with Crippen LogP contribution in [0.3, 0.4) is 0 Å². The van der Waals surface area contributed by atoms with Gasteiger partial charge >= 0.3 is 6.18 Å². The van der Waals surface area contributed by atoms with Gasteiger partial charge in [0.15, 0.2) is 0 Å². The highest BCUT2D eigenvalue weighted by molar-refractivity contribution is 5.94. The van der Waals surface area contributed by atoms with Gasteiger partial charge in [-0.3, -0.25) is 14.8 Å². The molecule has 4 rings (SSSR count). The zero-order valence-electron chi connectivity index (χ0n) is 16.1. The number of nitrogens with zero attached hydrogens (tertiary/aromatic N) is 3. The number of likely N-dealkylation sites (tertiary alicyclic amines) is 1. The number of amides is 1. The number of piperidine rings is 1. The Morgan fingerprint density at radius 3 is 2.67 bits per heavy atom. The second-order valence-electron chi connectivity index (χ2n) is 7.36. The minimum absolute atomic E-state index is 0.0325. The summed E-state index contributed by atoms with van der Waals surface area (Å²) < 4.78 is 39.2. The second-order valence-corrected chi connectivity index (χ2v) is 7.36. The quantitative estimate of drug-likeness (QED) is 0.596. The van der Waals surface area contributed by atoms with Crippen LogP contribution < -0.4 is 0 Å². The van der Waals surface area contributed by atoms with Crippen molar-refractivity contribution in [3.05, 3.63) is 83.8 Å². The Labute approximate surface area is 172 Å². The highest BCUT2D eigenvalue weighted by Gasteiger charge is 2.31. The summed E-state index contributed by atoms with van der Waals surface area (Å²) in [5.74, 6) is -0.0352. The molecule has 7 heteroatoms. The zero-order chi connectivity index (χ0) is 21.1. The maximum Gasteiger partial charge on any atom is 0.416 e. The molecule has 1 atom stereocenters. The lowest BCUT2D eigenvalue weighted by Gasteiger charge is -2.32. The van der Waals surface area contributed by atoms with Crippen molar-refractivity contribution in [3.63, 3.8) is 0 Å². The Hall–Kier alpha value is -3.22. The number of hydrogen-bond donors (Lipinski definition) is 0. The summed E-state index contributed by atoms with van der Waals surface area (Å²) in [4.78, 5) is 23.2. The Kier molecular flexibility index (Phi) is 5.53. The first-order valence-electron chi connectivity index (χ1n) is 9.76. The lowest BCUT2D eigenvalue weighted by molar-refractivity contribution is -0.137. The molecule has 1 aliphatic heterocycles. The number of pyridine rings is 2. The van der Waals surface area contributed by atoms with Crippen LogP contribution in [-0.2, 0) is 6.18 Å². The van der Waals surface area contributed by atoms with E-state index in [0.717, 1.165) is 30.7 Å². The van der Waals surface area contributed by atoms with Crippen LogP contribution in [0.2, 0.25) is 0 Å². The topological polar surface area (TPSA) is 46.1 Å². The Morgan fingerprint density at radius 1 is 1.07 bits per heavy atom. The van der Waals surface area contributed by atoms with Gasteiger partial charge in [0.05, 0.1) is 16.8 Å². The van der Waals surface area contributed by atoms with Gasteiger partial charge in [-0.05, 0) is 49.2 Å². The van der Waals surface area contributed by atoms with Crippen LogP contribution in [0.15, 0.2) is 67.0 Å². The number of hydrogen-bond acceptors (Lipinski definition) is 3. The summed E-state index contributed by atoms with van der Waals surface area (Å²) in [6.07, 6.45) is 0.490. The molecule has 3 heterocycles. The smallest absolute Gasteiger partial charge is 0.338 e. The van der Waals surface area contributed by atoms with Crippen LogP contribution in [-0.4, -0.2) is 33.9 Å². The molecule has 0 saturated carbocycles. The van der Waals surface area contributed by atoms with E-state index < -0.39 is 11.7 Å². The van der Waals surface area contributed by atoms with Gasteiger partial charge in [-0.1, -0.05) is 18.2 Å². The van der Waals surface area contributed by atoms with Crippen molar-refractivity contribution in [2.24, 2.45) is 0 Å².